The Morgan fingerprint density at radius 3 is 2.67 bits per heavy atom. The van der Waals surface area contributed by atoms with E-state index in [1.54, 1.807) is 29.8 Å². The van der Waals surface area contributed by atoms with E-state index in [4.69, 9.17) is 14.8 Å². The number of hydrogen-bond acceptors (Lipinski definition) is 6. The molecule has 2 atom stereocenters. The van der Waals surface area contributed by atoms with Crippen molar-refractivity contribution in [2.75, 3.05) is 40.8 Å². The maximum Gasteiger partial charge on any atom is 0.363 e. The lowest BCUT2D eigenvalue weighted by atomic mass is 10.1. The zero-order valence-corrected chi connectivity index (χ0v) is 22.6. The zero-order valence-electron chi connectivity index (χ0n) is 21.8. The molecule has 196 valence electrons. The molecule has 3 aromatic rings. The Morgan fingerprint density at radius 2 is 2.03 bits per heavy atom. The van der Waals surface area contributed by atoms with Gasteiger partial charge >= 0.3 is 11.3 Å². The molecule has 4 rings (SSSR count). The standard InChI is InChI=1S/C25H36N6O4S/c1-6-15-35-21-12-11-19(31(5,36(33)34)14-13-29(3)4)16-20(21)23-27-25(32)22-17(2)26-24(30(22)28-23)18-9-7-8-10-18/h11-12,16,18H,6-10,13-15H2,1-5H3,(H-,27,28,32,33,34)/p+1. The minimum Gasteiger partial charge on any atom is -0.493 e. The van der Waals surface area contributed by atoms with Gasteiger partial charge in [0, 0.05) is 24.6 Å². The van der Waals surface area contributed by atoms with Crippen molar-refractivity contribution in [3.63, 3.8) is 0 Å². The molecule has 2 N–H and O–H groups in total. The van der Waals surface area contributed by atoms with Crippen molar-refractivity contribution in [2.45, 2.75) is 51.9 Å². The first-order chi connectivity index (χ1) is 17.2. The molecular weight excluding hydrogens is 480 g/mol. The van der Waals surface area contributed by atoms with Gasteiger partial charge in [-0.2, -0.15) is 8.10 Å². The van der Waals surface area contributed by atoms with Crippen LogP contribution in [-0.4, -0.2) is 74.1 Å². The second-order valence-corrected chi connectivity index (χ2v) is 11.3. The molecule has 2 unspecified atom stereocenters. The summed E-state index contributed by atoms with van der Waals surface area (Å²) in [7, 11) is 5.58. The van der Waals surface area contributed by atoms with Crippen molar-refractivity contribution >= 4 is 22.5 Å². The van der Waals surface area contributed by atoms with Crippen LogP contribution in [0.25, 0.3) is 16.9 Å². The quantitative estimate of drug-likeness (QED) is 0.313. The van der Waals surface area contributed by atoms with E-state index in [1.807, 2.05) is 32.8 Å². The van der Waals surface area contributed by atoms with Crippen LogP contribution >= 0.6 is 0 Å². The molecule has 36 heavy (non-hydrogen) atoms. The van der Waals surface area contributed by atoms with E-state index in [1.165, 1.54) is 0 Å². The van der Waals surface area contributed by atoms with E-state index in [2.05, 4.69) is 4.98 Å². The average molecular weight is 518 g/mol. The van der Waals surface area contributed by atoms with Gasteiger partial charge in [-0.05, 0) is 46.3 Å². The van der Waals surface area contributed by atoms with Crippen molar-refractivity contribution in [3.05, 3.63) is 40.1 Å². The van der Waals surface area contributed by atoms with Crippen molar-refractivity contribution in [2.24, 2.45) is 0 Å². The van der Waals surface area contributed by atoms with E-state index < -0.39 is 11.3 Å². The van der Waals surface area contributed by atoms with Gasteiger partial charge in [-0.1, -0.05) is 19.8 Å². The number of fused-ring (bicyclic) bond motifs is 1. The van der Waals surface area contributed by atoms with Crippen LogP contribution in [0.15, 0.2) is 23.0 Å². The molecule has 1 aromatic carbocycles. The highest BCUT2D eigenvalue weighted by molar-refractivity contribution is 7.78. The topological polar surface area (TPSA) is 113 Å². The van der Waals surface area contributed by atoms with Crippen LogP contribution in [0, 0.1) is 6.92 Å². The van der Waals surface area contributed by atoms with Crippen LogP contribution < -0.4 is 14.2 Å². The molecule has 1 fully saturated rings. The normalized spacial score (nSPS) is 17.1. The number of aromatic amines is 1. The van der Waals surface area contributed by atoms with Crippen LogP contribution in [0.1, 0.15) is 56.5 Å². The summed E-state index contributed by atoms with van der Waals surface area (Å²) in [5.74, 6) is 2.01. The maximum atomic E-state index is 13.2. The van der Waals surface area contributed by atoms with Crippen molar-refractivity contribution in [1.29, 1.82) is 0 Å². The number of aryl methyl sites for hydroxylation is 1. The number of imidazole rings is 1. The minimum atomic E-state index is -2.18. The fourth-order valence-corrected chi connectivity index (χ4v) is 5.32. The number of quaternary nitrogens is 1. The number of benzene rings is 1. The van der Waals surface area contributed by atoms with Gasteiger partial charge in [0.1, 0.15) is 23.8 Å². The monoisotopic (exact) mass is 517 g/mol. The van der Waals surface area contributed by atoms with Crippen molar-refractivity contribution in [3.8, 4) is 17.1 Å². The molecule has 11 heteroatoms. The van der Waals surface area contributed by atoms with Gasteiger partial charge in [-0.25, -0.2) is 9.50 Å². The predicted molar refractivity (Wildman–Crippen MR) is 143 cm³/mol. The lowest BCUT2D eigenvalue weighted by Gasteiger charge is -2.30. The second-order valence-electron chi connectivity index (χ2n) is 9.99. The SMILES string of the molecule is CCCOc1ccc([N+](C)(CCN(C)C)S(=O)O)cc1-c1nn2c(C3CCCC3)nc(C)c2c(=O)[nH]1. The Hall–Kier alpha value is -2.60. The molecule has 0 radical (unpaired) electrons. The summed E-state index contributed by atoms with van der Waals surface area (Å²) in [6.07, 6.45) is 5.18. The fraction of sp³-hybridized carbons (Fsp3) is 0.560. The van der Waals surface area contributed by atoms with Crippen LogP contribution in [-0.2, 0) is 11.3 Å². The summed E-state index contributed by atoms with van der Waals surface area (Å²) in [6, 6.07) is 5.40. The molecule has 0 aliphatic heterocycles. The van der Waals surface area contributed by atoms with E-state index in [9.17, 15) is 13.6 Å². The predicted octanol–water partition coefficient (Wildman–Crippen LogP) is 3.47. The number of rotatable bonds is 10. The van der Waals surface area contributed by atoms with Crippen LogP contribution in [0.3, 0.4) is 0 Å². The molecule has 2 heterocycles. The summed E-state index contributed by atoms with van der Waals surface area (Å²) in [4.78, 5) is 22.8. The first-order valence-electron chi connectivity index (χ1n) is 12.5. The molecule has 0 bridgehead atoms. The average Bonchev–Trinajstić information content (AvgIpc) is 3.49. The Balaban J connectivity index is 1.89. The summed E-state index contributed by atoms with van der Waals surface area (Å²) in [5, 5.41) is 4.85. The van der Waals surface area contributed by atoms with Gasteiger partial charge in [-0.3, -0.25) is 9.35 Å². The van der Waals surface area contributed by atoms with Gasteiger partial charge in [-0.15, -0.1) is 5.10 Å². The molecule has 10 nitrogen and oxygen atoms in total. The van der Waals surface area contributed by atoms with E-state index in [0.717, 1.165) is 37.9 Å². The third-order valence-electron chi connectivity index (χ3n) is 6.97. The number of nitrogens with one attached hydrogen (secondary N) is 1. The molecule has 0 amide bonds. The highest BCUT2D eigenvalue weighted by Gasteiger charge is 2.34. The minimum absolute atomic E-state index is 0.205. The third-order valence-corrected chi connectivity index (χ3v) is 8.05. The molecular formula is C25H37N6O4S+. The Labute approximate surface area is 214 Å². The number of likely N-dealkylation sites (N-methyl/N-ethyl adjacent to an activating group) is 2. The van der Waals surface area contributed by atoms with Crippen LogP contribution in [0.2, 0.25) is 0 Å². The number of nitrogens with zero attached hydrogens (tertiary/aromatic N) is 5. The first kappa shape index (κ1) is 26.5. The largest absolute Gasteiger partial charge is 0.493 e. The molecule has 1 aliphatic carbocycles. The van der Waals surface area contributed by atoms with Gasteiger partial charge in [0.25, 0.3) is 5.56 Å². The summed E-state index contributed by atoms with van der Waals surface area (Å²) >= 11 is -2.18. The number of hydrogen-bond donors (Lipinski definition) is 2. The van der Waals surface area contributed by atoms with Gasteiger partial charge in [0.05, 0.1) is 24.9 Å². The highest BCUT2D eigenvalue weighted by Crippen LogP contribution is 2.36. The molecule has 0 saturated heterocycles. The third kappa shape index (κ3) is 5.10. The summed E-state index contributed by atoms with van der Waals surface area (Å²) in [5.41, 5.74) is 2.05. The fourth-order valence-electron chi connectivity index (χ4n) is 4.79. The van der Waals surface area contributed by atoms with E-state index >= 15 is 0 Å². The van der Waals surface area contributed by atoms with Crippen LogP contribution in [0.4, 0.5) is 5.69 Å². The van der Waals surface area contributed by atoms with E-state index in [0.29, 0.717) is 53.7 Å². The smallest absolute Gasteiger partial charge is 0.363 e. The maximum absolute atomic E-state index is 13.2. The highest BCUT2D eigenvalue weighted by atomic mass is 32.2. The number of H-pyrrole nitrogens is 1. The van der Waals surface area contributed by atoms with Crippen molar-refractivity contribution in [1.82, 2.24) is 28.4 Å². The summed E-state index contributed by atoms with van der Waals surface area (Å²) < 4.78 is 30.3. The van der Waals surface area contributed by atoms with Crippen LogP contribution in [0.5, 0.6) is 5.75 Å². The Bertz CT molecular complexity index is 1310. The van der Waals surface area contributed by atoms with Gasteiger partial charge in [0.2, 0.25) is 0 Å². The molecule has 1 saturated carbocycles. The number of aromatic nitrogens is 4. The lowest BCUT2D eigenvalue weighted by Crippen LogP contribution is -2.50. The molecule has 1 aliphatic rings. The first-order valence-corrected chi connectivity index (χ1v) is 13.6. The Kier molecular flexibility index (Phi) is 7.93. The van der Waals surface area contributed by atoms with Gasteiger partial charge < -0.3 is 14.6 Å². The Morgan fingerprint density at radius 1 is 1.31 bits per heavy atom. The number of ether oxygens (including phenoxy) is 1. The van der Waals surface area contributed by atoms with Crippen molar-refractivity contribution < 1.29 is 13.5 Å². The summed E-state index contributed by atoms with van der Waals surface area (Å²) in [6.45, 7) is 5.39. The van der Waals surface area contributed by atoms with Gasteiger partial charge in [0.15, 0.2) is 11.3 Å². The molecule has 0 spiro atoms. The molecule has 2 aromatic heterocycles. The lowest BCUT2D eigenvalue weighted by molar-refractivity contribution is 0.318. The van der Waals surface area contributed by atoms with E-state index in [-0.39, 0.29) is 15.4 Å². The zero-order chi connectivity index (χ0) is 26.0. The second kappa shape index (κ2) is 10.8.